The molecule has 10 heteroatoms. The van der Waals surface area contributed by atoms with E-state index in [1.54, 1.807) is 37.3 Å². The molecule has 1 atom stereocenters. The van der Waals surface area contributed by atoms with E-state index in [1.165, 1.54) is 18.2 Å². The highest BCUT2D eigenvalue weighted by Crippen LogP contribution is 2.29. The van der Waals surface area contributed by atoms with Crippen molar-refractivity contribution in [3.05, 3.63) is 47.3 Å². The third-order valence-corrected chi connectivity index (χ3v) is 6.45. The number of thioether (sulfide) groups is 1. The van der Waals surface area contributed by atoms with Crippen molar-refractivity contribution in [1.82, 2.24) is 15.4 Å². The van der Waals surface area contributed by atoms with Crippen LogP contribution in [0.25, 0.3) is 0 Å². The summed E-state index contributed by atoms with van der Waals surface area (Å²) in [6.07, 6.45) is 3.43. The number of nitrogens with one attached hydrogen (secondary N) is 2. The first-order chi connectivity index (χ1) is 15.5. The molecule has 0 radical (unpaired) electrons. The number of hydrogen-bond acceptors (Lipinski definition) is 7. The Morgan fingerprint density at radius 1 is 1.22 bits per heavy atom. The number of rotatable bonds is 6. The van der Waals surface area contributed by atoms with E-state index in [4.69, 9.17) is 4.52 Å². The maximum Gasteiger partial charge on any atom is 0.262 e. The SMILES string of the molecule is Cc1cc(CNC(=O)c2cccc(NC(=O)CC3SC(N4CCCCC4)=NC3=O)c2)no1. The first kappa shape index (κ1) is 22.1. The molecular weight excluding hydrogens is 430 g/mol. The molecule has 2 aliphatic rings. The minimum Gasteiger partial charge on any atom is -0.361 e. The van der Waals surface area contributed by atoms with Gasteiger partial charge in [0.1, 0.15) is 16.7 Å². The van der Waals surface area contributed by atoms with Gasteiger partial charge < -0.3 is 20.1 Å². The molecule has 32 heavy (non-hydrogen) atoms. The zero-order valence-electron chi connectivity index (χ0n) is 17.8. The Bertz CT molecular complexity index is 1040. The maximum atomic E-state index is 12.5. The van der Waals surface area contributed by atoms with Crippen molar-refractivity contribution in [3.63, 3.8) is 0 Å². The molecule has 1 unspecified atom stereocenters. The second-order valence-corrected chi connectivity index (χ2v) is 9.00. The molecule has 2 aromatic rings. The highest BCUT2D eigenvalue weighted by Gasteiger charge is 2.33. The largest absolute Gasteiger partial charge is 0.361 e. The number of anilines is 1. The highest BCUT2D eigenvalue weighted by molar-refractivity contribution is 8.15. The summed E-state index contributed by atoms with van der Waals surface area (Å²) in [5, 5.41) is 9.61. The molecule has 1 saturated heterocycles. The van der Waals surface area contributed by atoms with Crippen molar-refractivity contribution in [3.8, 4) is 0 Å². The predicted molar refractivity (Wildman–Crippen MR) is 121 cm³/mol. The average Bonchev–Trinajstić information content (AvgIpc) is 3.38. The zero-order valence-corrected chi connectivity index (χ0v) is 18.6. The summed E-state index contributed by atoms with van der Waals surface area (Å²) in [6, 6.07) is 8.40. The Morgan fingerprint density at radius 2 is 2.03 bits per heavy atom. The molecule has 9 nitrogen and oxygen atoms in total. The molecule has 1 aromatic heterocycles. The lowest BCUT2D eigenvalue weighted by molar-refractivity contribution is -0.121. The van der Waals surface area contributed by atoms with Crippen molar-refractivity contribution in [2.45, 2.75) is 44.4 Å². The van der Waals surface area contributed by atoms with Crippen molar-refractivity contribution in [2.75, 3.05) is 18.4 Å². The van der Waals surface area contributed by atoms with Gasteiger partial charge in [-0.15, -0.1) is 0 Å². The monoisotopic (exact) mass is 455 g/mol. The number of hydrogen-bond donors (Lipinski definition) is 2. The molecule has 0 saturated carbocycles. The summed E-state index contributed by atoms with van der Waals surface area (Å²) >= 11 is 1.37. The Balaban J connectivity index is 1.29. The second-order valence-electron chi connectivity index (χ2n) is 7.83. The van der Waals surface area contributed by atoms with Crippen molar-refractivity contribution in [1.29, 1.82) is 0 Å². The number of benzene rings is 1. The lowest BCUT2D eigenvalue weighted by atomic mass is 10.1. The Morgan fingerprint density at radius 3 is 2.78 bits per heavy atom. The molecule has 3 amide bonds. The number of aryl methyl sites for hydroxylation is 1. The van der Waals surface area contributed by atoms with Crippen LogP contribution in [-0.4, -0.2) is 51.3 Å². The van der Waals surface area contributed by atoms with Gasteiger partial charge in [0.05, 0.1) is 6.54 Å². The van der Waals surface area contributed by atoms with Crippen molar-refractivity contribution in [2.24, 2.45) is 4.99 Å². The summed E-state index contributed by atoms with van der Waals surface area (Å²) in [4.78, 5) is 43.5. The van der Waals surface area contributed by atoms with Crippen LogP contribution >= 0.6 is 11.8 Å². The maximum absolute atomic E-state index is 12.5. The van der Waals surface area contributed by atoms with E-state index in [1.807, 2.05) is 0 Å². The Kier molecular flexibility index (Phi) is 6.89. The van der Waals surface area contributed by atoms with E-state index in [-0.39, 0.29) is 30.7 Å². The Labute approximate surface area is 190 Å². The number of aromatic nitrogens is 1. The molecule has 1 aromatic carbocycles. The standard InChI is InChI=1S/C22H25N5O4S/c1-14-10-17(26-31-14)13-23-20(29)15-6-5-7-16(11-15)24-19(28)12-18-21(30)25-22(32-18)27-8-3-2-4-9-27/h5-7,10-11,18H,2-4,8-9,12-13H2,1H3,(H,23,29)(H,24,28). The van der Waals surface area contributed by atoms with Crippen LogP contribution in [0.3, 0.4) is 0 Å². The third-order valence-electron chi connectivity index (χ3n) is 5.24. The van der Waals surface area contributed by atoms with Crippen LogP contribution in [0, 0.1) is 6.92 Å². The van der Waals surface area contributed by atoms with Gasteiger partial charge in [0, 0.05) is 36.8 Å². The number of aliphatic imine (C=N–C) groups is 1. The lowest BCUT2D eigenvalue weighted by Gasteiger charge is -2.27. The number of amides is 3. The second kappa shape index (κ2) is 9.99. The molecule has 2 N–H and O–H groups in total. The number of carbonyl (C=O) groups is 3. The molecule has 4 rings (SSSR count). The molecule has 2 aliphatic heterocycles. The lowest BCUT2D eigenvalue weighted by Crippen LogP contribution is -2.33. The Hall–Kier alpha value is -3.14. The fraction of sp³-hybridized carbons (Fsp3) is 0.409. The van der Waals surface area contributed by atoms with E-state index >= 15 is 0 Å². The van der Waals surface area contributed by atoms with Gasteiger partial charge in [-0.05, 0) is 44.4 Å². The summed E-state index contributed by atoms with van der Waals surface area (Å²) in [7, 11) is 0. The van der Waals surface area contributed by atoms with Crippen LogP contribution in [0.5, 0.6) is 0 Å². The van der Waals surface area contributed by atoms with Crippen molar-refractivity contribution >= 4 is 40.3 Å². The number of nitrogens with zero attached hydrogens (tertiary/aromatic N) is 3. The van der Waals surface area contributed by atoms with Gasteiger partial charge in [0.25, 0.3) is 11.8 Å². The van der Waals surface area contributed by atoms with Gasteiger partial charge in [-0.1, -0.05) is 23.0 Å². The van der Waals surface area contributed by atoms with Gasteiger partial charge in [0.15, 0.2) is 5.17 Å². The molecule has 3 heterocycles. The van der Waals surface area contributed by atoms with E-state index in [2.05, 4.69) is 25.7 Å². The summed E-state index contributed by atoms with van der Waals surface area (Å²) < 4.78 is 4.98. The summed E-state index contributed by atoms with van der Waals surface area (Å²) in [5.41, 5.74) is 1.53. The van der Waals surface area contributed by atoms with Crippen molar-refractivity contribution < 1.29 is 18.9 Å². The minimum absolute atomic E-state index is 0.0340. The van der Waals surface area contributed by atoms with E-state index in [9.17, 15) is 14.4 Å². The van der Waals surface area contributed by atoms with Crippen LogP contribution in [0.4, 0.5) is 5.69 Å². The molecule has 0 bridgehead atoms. The van der Waals surface area contributed by atoms with Gasteiger partial charge in [-0.25, -0.2) is 0 Å². The van der Waals surface area contributed by atoms with Crippen LogP contribution in [0.2, 0.25) is 0 Å². The zero-order chi connectivity index (χ0) is 22.5. The van der Waals surface area contributed by atoms with Crippen LogP contribution < -0.4 is 10.6 Å². The minimum atomic E-state index is -0.510. The van der Waals surface area contributed by atoms with Gasteiger partial charge in [0.2, 0.25) is 5.91 Å². The normalized spacial score (nSPS) is 18.4. The number of likely N-dealkylation sites (tertiary alicyclic amines) is 1. The topological polar surface area (TPSA) is 117 Å². The highest BCUT2D eigenvalue weighted by atomic mass is 32.2. The van der Waals surface area contributed by atoms with E-state index < -0.39 is 5.25 Å². The molecule has 168 valence electrons. The van der Waals surface area contributed by atoms with Gasteiger partial charge in [-0.3, -0.25) is 14.4 Å². The first-order valence-electron chi connectivity index (χ1n) is 10.6. The number of carbonyl (C=O) groups excluding carboxylic acids is 3. The third kappa shape index (κ3) is 5.56. The number of amidine groups is 1. The van der Waals surface area contributed by atoms with E-state index in [0.717, 1.165) is 31.1 Å². The van der Waals surface area contributed by atoms with Crippen LogP contribution in [-0.2, 0) is 16.1 Å². The van der Waals surface area contributed by atoms with Crippen LogP contribution in [0.15, 0.2) is 39.8 Å². The fourth-order valence-electron chi connectivity index (χ4n) is 3.62. The van der Waals surface area contributed by atoms with Crippen LogP contribution in [0.1, 0.15) is 47.5 Å². The molecular formula is C22H25N5O4S. The van der Waals surface area contributed by atoms with Gasteiger partial charge >= 0.3 is 0 Å². The average molecular weight is 456 g/mol. The number of piperidine rings is 1. The smallest absolute Gasteiger partial charge is 0.262 e. The molecule has 1 fully saturated rings. The molecule has 0 spiro atoms. The fourth-order valence-corrected chi connectivity index (χ4v) is 4.74. The summed E-state index contributed by atoms with van der Waals surface area (Å²) in [6.45, 7) is 3.84. The van der Waals surface area contributed by atoms with E-state index in [0.29, 0.717) is 22.7 Å². The summed E-state index contributed by atoms with van der Waals surface area (Å²) in [5.74, 6) is -0.169. The molecule has 0 aliphatic carbocycles. The van der Waals surface area contributed by atoms with Gasteiger partial charge in [-0.2, -0.15) is 4.99 Å². The first-order valence-corrected chi connectivity index (χ1v) is 11.5. The predicted octanol–water partition coefficient (Wildman–Crippen LogP) is 2.73. The quantitative estimate of drug-likeness (QED) is 0.688.